The first-order chi connectivity index (χ1) is 14.8. The van der Waals surface area contributed by atoms with Crippen molar-refractivity contribution in [1.82, 2.24) is 0 Å². The zero-order valence-corrected chi connectivity index (χ0v) is 19.2. The highest BCUT2D eigenvalue weighted by Gasteiger charge is 2.25. The third kappa shape index (κ3) is 7.75. The van der Waals surface area contributed by atoms with Gasteiger partial charge >= 0.3 is 0 Å². The first kappa shape index (κ1) is 23.4. The monoisotopic (exact) mass is 414 g/mol. The molecular weight excluding hydrogens is 371 g/mol. The minimum absolute atomic E-state index is 0.217. The maximum atomic E-state index is 12.2. The molecule has 2 aliphatic rings. The van der Waals surface area contributed by atoms with Crippen LogP contribution < -0.4 is 4.74 Å². The van der Waals surface area contributed by atoms with Gasteiger partial charge < -0.3 is 4.74 Å². The molecule has 0 aromatic heterocycles. The van der Waals surface area contributed by atoms with Gasteiger partial charge in [-0.2, -0.15) is 0 Å². The summed E-state index contributed by atoms with van der Waals surface area (Å²) in [5.74, 6) is 4.53. The Labute approximate surface area is 184 Å². The van der Waals surface area contributed by atoms with Crippen molar-refractivity contribution in [3.63, 3.8) is 0 Å². The molecule has 0 amide bonds. The zero-order valence-electron chi connectivity index (χ0n) is 19.2. The predicted octanol–water partition coefficient (Wildman–Crippen LogP) is 8.64. The quantitative estimate of drug-likeness (QED) is 0.329. The molecule has 0 radical (unpaired) electrons. The van der Waals surface area contributed by atoms with Gasteiger partial charge in [0.25, 0.3) is 0 Å². The van der Waals surface area contributed by atoms with Crippen molar-refractivity contribution in [3.8, 4) is 5.75 Å². The number of halogens is 1. The summed E-state index contributed by atoms with van der Waals surface area (Å²) in [6.45, 7) is 2.74. The first-order valence-electron chi connectivity index (χ1n) is 12.7. The summed E-state index contributed by atoms with van der Waals surface area (Å²) in [4.78, 5) is 0. The summed E-state index contributed by atoms with van der Waals surface area (Å²) < 4.78 is 17.9. The van der Waals surface area contributed by atoms with E-state index in [4.69, 9.17) is 4.74 Å². The van der Waals surface area contributed by atoms with Gasteiger partial charge in [0.1, 0.15) is 5.75 Å². The molecule has 2 saturated carbocycles. The van der Waals surface area contributed by atoms with Crippen LogP contribution in [0.25, 0.3) is 0 Å². The Balaban J connectivity index is 1.30. The molecular formula is C28H43FO. The molecule has 0 bridgehead atoms. The average Bonchev–Trinajstić information content (AvgIpc) is 2.81. The summed E-state index contributed by atoms with van der Waals surface area (Å²) in [6, 6.07) is 8.90. The van der Waals surface area contributed by atoms with E-state index in [-0.39, 0.29) is 6.67 Å². The maximum Gasteiger partial charge on any atom is 0.119 e. The largest absolute Gasteiger partial charge is 0.494 e. The Morgan fingerprint density at radius 3 is 2.03 bits per heavy atom. The van der Waals surface area contributed by atoms with E-state index in [0.717, 1.165) is 42.4 Å². The Morgan fingerprint density at radius 1 is 0.833 bits per heavy atom. The Bertz CT molecular complexity index is 592. The molecule has 0 unspecified atom stereocenters. The number of allylic oxidation sites excluding steroid dienone is 2. The lowest BCUT2D eigenvalue weighted by Gasteiger charge is -2.32. The van der Waals surface area contributed by atoms with E-state index >= 15 is 0 Å². The van der Waals surface area contributed by atoms with Crippen LogP contribution in [0.1, 0.15) is 102 Å². The van der Waals surface area contributed by atoms with Crippen LogP contribution in [0.15, 0.2) is 36.4 Å². The van der Waals surface area contributed by atoms with E-state index in [9.17, 15) is 4.39 Å². The van der Waals surface area contributed by atoms with Crippen LogP contribution in [-0.2, 0) is 0 Å². The molecule has 30 heavy (non-hydrogen) atoms. The van der Waals surface area contributed by atoms with E-state index < -0.39 is 0 Å². The van der Waals surface area contributed by atoms with Gasteiger partial charge in [-0.25, -0.2) is 0 Å². The second-order valence-corrected chi connectivity index (χ2v) is 9.78. The fraction of sp³-hybridized carbons (Fsp3) is 0.714. The summed E-state index contributed by atoms with van der Waals surface area (Å²) >= 11 is 0. The van der Waals surface area contributed by atoms with Crippen molar-refractivity contribution in [2.24, 2.45) is 17.8 Å². The standard InChI is InChI=1S/C28H43FO/c1-2-22-30-28-19-17-27(18-20-28)26-15-13-25(14-16-26)12-11-24-9-7-23(8-10-24)6-4-3-5-21-29/h3-4,17-20,23-26H,2,5-16,21-22H2,1H3/b4-3+. The second-order valence-electron chi connectivity index (χ2n) is 9.78. The van der Waals surface area contributed by atoms with Crippen LogP contribution >= 0.6 is 0 Å². The van der Waals surface area contributed by atoms with Gasteiger partial charge in [-0.1, -0.05) is 56.9 Å². The Morgan fingerprint density at radius 2 is 1.43 bits per heavy atom. The number of ether oxygens (including phenoxy) is 1. The lowest BCUT2D eigenvalue weighted by atomic mass is 9.74. The molecule has 2 fully saturated rings. The number of hydrogen-bond acceptors (Lipinski definition) is 1. The van der Waals surface area contributed by atoms with Crippen molar-refractivity contribution >= 4 is 0 Å². The number of rotatable bonds is 11. The van der Waals surface area contributed by atoms with E-state index in [0.29, 0.717) is 6.42 Å². The van der Waals surface area contributed by atoms with Crippen molar-refractivity contribution < 1.29 is 9.13 Å². The molecule has 1 aromatic rings. The van der Waals surface area contributed by atoms with Gasteiger partial charge in [-0.15, -0.1) is 0 Å². The Kier molecular flexibility index (Phi) is 10.3. The van der Waals surface area contributed by atoms with E-state index in [2.05, 4.69) is 37.3 Å². The molecule has 0 atom stereocenters. The minimum atomic E-state index is -0.217. The highest BCUT2D eigenvalue weighted by molar-refractivity contribution is 5.29. The van der Waals surface area contributed by atoms with E-state index in [1.165, 1.54) is 76.2 Å². The normalized spacial score (nSPS) is 27.4. The molecule has 3 rings (SSSR count). The topological polar surface area (TPSA) is 9.23 Å². The summed E-state index contributed by atoms with van der Waals surface area (Å²) in [7, 11) is 0. The fourth-order valence-corrected chi connectivity index (χ4v) is 5.54. The molecule has 1 aromatic carbocycles. The smallest absolute Gasteiger partial charge is 0.119 e. The lowest BCUT2D eigenvalue weighted by Crippen LogP contribution is -2.17. The number of alkyl halides is 1. The Hall–Kier alpha value is -1.31. The van der Waals surface area contributed by atoms with E-state index in [1.54, 1.807) is 0 Å². The third-order valence-corrected chi connectivity index (χ3v) is 7.53. The van der Waals surface area contributed by atoms with Crippen molar-refractivity contribution in [2.45, 2.75) is 96.3 Å². The zero-order chi connectivity index (χ0) is 21.0. The number of benzene rings is 1. The lowest BCUT2D eigenvalue weighted by molar-refractivity contribution is 0.231. The second kappa shape index (κ2) is 13.2. The molecule has 0 saturated heterocycles. The first-order valence-corrected chi connectivity index (χ1v) is 12.7. The molecule has 2 heteroatoms. The van der Waals surface area contributed by atoms with E-state index in [1.807, 2.05) is 6.08 Å². The molecule has 0 aliphatic heterocycles. The minimum Gasteiger partial charge on any atom is -0.494 e. The number of hydrogen-bond donors (Lipinski definition) is 0. The van der Waals surface area contributed by atoms with Gasteiger partial charge in [-0.05, 0) is 99.2 Å². The molecule has 2 aliphatic carbocycles. The summed E-state index contributed by atoms with van der Waals surface area (Å²) in [5.41, 5.74) is 1.51. The molecule has 0 spiro atoms. The third-order valence-electron chi connectivity index (χ3n) is 7.53. The molecule has 1 nitrogen and oxygen atoms in total. The van der Waals surface area contributed by atoms with Crippen LogP contribution in [0.3, 0.4) is 0 Å². The van der Waals surface area contributed by atoms with Crippen molar-refractivity contribution in [3.05, 3.63) is 42.0 Å². The van der Waals surface area contributed by atoms with Gasteiger partial charge in [0.2, 0.25) is 0 Å². The summed E-state index contributed by atoms with van der Waals surface area (Å²) in [5, 5.41) is 0. The van der Waals surface area contributed by atoms with Crippen LogP contribution in [0.5, 0.6) is 5.75 Å². The average molecular weight is 415 g/mol. The molecule has 0 N–H and O–H groups in total. The van der Waals surface area contributed by atoms with Gasteiger partial charge in [0, 0.05) is 0 Å². The van der Waals surface area contributed by atoms with Gasteiger partial charge in [-0.3, -0.25) is 4.39 Å². The summed E-state index contributed by atoms with van der Waals surface area (Å²) in [6.07, 6.45) is 21.1. The van der Waals surface area contributed by atoms with Gasteiger partial charge in [0.15, 0.2) is 0 Å². The highest BCUT2D eigenvalue weighted by atomic mass is 19.1. The predicted molar refractivity (Wildman–Crippen MR) is 126 cm³/mol. The van der Waals surface area contributed by atoms with Crippen LogP contribution in [0, 0.1) is 17.8 Å². The van der Waals surface area contributed by atoms with Crippen molar-refractivity contribution in [1.29, 1.82) is 0 Å². The molecule has 0 heterocycles. The molecule has 168 valence electrons. The highest BCUT2D eigenvalue weighted by Crippen LogP contribution is 2.40. The van der Waals surface area contributed by atoms with Crippen LogP contribution in [0.2, 0.25) is 0 Å². The van der Waals surface area contributed by atoms with Crippen molar-refractivity contribution in [2.75, 3.05) is 13.3 Å². The van der Waals surface area contributed by atoms with Gasteiger partial charge in [0.05, 0.1) is 13.3 Å². The van der Waals surface area contributed by atoms with Crippen LogP contribution in [-0.4, -0.2) is 13.3 Å². The fourth-order valence-electron chi connectivity index (χ4n) is 5.54. The SMILES string of the molecule is CCCOc1ccc(C2CCC(CCC3CCC(C/C=C/CCF)CC3)CC2)cc1. The maximum absolute atomic E-state index is 12.2. The van der Waals surface area contributed by atoms with Crippen LogP contribution in [0.4, 0.5) is 4.39 Å².